The lowest BCUT2D eigenvalue weighted by Crippen LogP contribution is -2.30. The first-order chi connectivity index (χ1) is 16.8. The monoisotopic (exact) mass is 545 g/mol. The van der Waals surface area contributed by atoms with E-state index in [0.29, 0.717) is 12.0 Å². The van der Waals surface area contributed by atoms with Crippen molar-refractivity contribution in [3.8, 4) is 0 Å². The maximum absolute atomic E-state index is 14.5. The molecule has 0 aliphatic rings. The van der Waals surface area contributed by atoms with Crippen molar-refractivity contribution < 1.29 is 32.3 Å². The van der Waals surface area contributed by atoms with Crippen molar-refractivity contribution in [1.82, 2.24) is 15.1 Å². The van der Waals surface area contributed by atoms with Crippen LogP contribution in [0.5, 0.6) is 0 Å². The van der Waals surface area contributed by atoms with Crippen LogP contribution in [0.4, 0.5) is 17.6 Å². The molecule has 2 N–H and O–H groups in total. The van der Waals surface area contributed by atoms with Crippen LogP contribution in [0, 0.1) is 5.82 Å². The molecule has 36 heavy (non-hydrogen) atoms. The Morgan fingerprint density at radius 1 is 1.14 bits per heavy atom. The first-order valence-corrected chi connectivity index (χ1v) is 11.5. The molecule has 3 aromatic rings. The highest BCUT2D eigenvalue weighted by Gasteiger charge is 2.42. The minimum atomic E-state index is -4.90. The Bertz CT molecular complexity index is 1310. The molecule has 1 atom stereocenters. The van der Waals surface area contributed by atoms with Gasteiger partial charge in [0.15, 0.2) is 5.69 Å². The van der Waals surface area contributed by atoms with Gasteiger partial charge in [-0.15, -0.1) is 0 Å². The molecule has 0 radical (unpaired) electrons. The summed E-state index contributed by atoms with van der Waals surface area (Å²) in [7, 11) is 0. The highest BCUT2D eigenvalue weighted by molar-refractivity contribution is 6.42. The number of amides is 1. The molecule has 3 rings (SSSR count). The van der Waals surface area contributed by atoms with Crippen LogP contribution in [-0.4, -0.2) is 26.8 Å². The Morgan fingerprint density at radius 3 is 2.39 bits per heavy atom. The molecule has 0 saturated heterocycles. The molecular weight excluding hydrogens is 525 g/mol. The van der Waals surface area contributed by atoms with Gasteiger partial charge in [0.1, 0.15) is 5.82 Å². The minimum Gasteiger partial charge on any atom is -0.478 e. The highest BCUT2D eigenvalue weighted by Crippen LogP contribution is 2.35. The fourth-order valence-electron chi connectivity index (χ4n) is 3.74. The summed E-state index contributed by atoms with van der Waals surface area (Å²) in [6.07, 6.45) is -4.71. The lowest BCUT2D eigenvalue weighted by Gasteiger charge is -2.17. The number of aromatic nitrogens is 2. The summed E-state index contributed by atoms with van der Waals surface area (Å²) in [5, 5.41) is 15.9. The van der Waals surface area contributed by atoms with Crippen LogP contribution in [0.1, 0.15) is 69.5 Å². The zero-order valence-electron chi connectivity index (χ0n) is 19.1. The van der Waals surface area contributed by atoms with Gasteiger partial charge in [0.25, 0.3) is 5.91 Å². The van der Waals surface area contributed by atoms with Gasteiger partial charge in [-0.25, -0.2) is 9.18 Å². The lowest BCUT2D eigenvalue weighted by molar-refractivity contribution is -0.144. The topological polar surface area (TPSA) is 84.2 Å². The number of rotatable bonds is 8. The predicted molar refractivity (Wildman–Crippen MR) is 126 cm³/mol. The van der Waals surface area contributed by atoms with Crippen molar-refractivity contribution in [3.05, 3.63) is 85.9 Å². The molecule has 0 aliphatic heterocycles. The molecule has 0 bridgehead atoms. The molecule has 6 nitrogen and oxygen atoms in total. The van der Waals surface area contributed by atoms with E-state index in [1.54, 1.807) is 13.0 Å². The van der Waals surface area contributed by atoms with Crippen LogP contribution < -0.4 is 5.32 Å². The van der Waals surface area contributed by atoms with E-state index in [0.717, 1.165) is 22.9 Å². The van der Waals surface area contributed by atoms with Crippen molar-refractivity contribution in [2.45, 2.75) is 45.5 Å². The zero-order chi connectivity index (χ0) is 26.8. The number of carboxylic acids is 1. The average molecular weight is 546 g/mol. The number of aromatic carboxylic acids is 1. The van der Waals surface area contributed by atoms with Crippen molar-refractivity contribution in [2.24, 2.45) is 0 Å². The molecule has 1 heterocycles. The molecule has 1 amide bonds. The second kappa shape index (κ2) is 10.9. The molecule has 2 aromatic carbocycles. The fraction of sp³-hybridized carbons (Fsp3) is 0.292. The Hall–Kier alpha value is -3.11. The third-order valence-electron chi connectivity index (χ3n) is 5.37. The number of carbonyl (C=O) groups is 2. The number of aryl methyl sites for hydroxylation is 1. The normalized spacial score (nSPS) is 12.4. The Kier molecular flexibility index (Phi) is 8.30. The summed E-state index contributed by atoms with van der Waals surface area (Å²) in [6.45, 7) is 2.96. The van der Waals surface area contributed by atoms with E-state index in [1.807, 2.05) is 0 Å². The number of halogens is 6. The van der Waals surface area contributed by atoms with Gasteiger partial charge in [0.2, 0.25) is 0 Å². The molecule has 0 unspecified atom stereocenters. The highest BCUT2D eigenvalue weighted by atomic mass is 35.5. The number of carboxylic acid groups (broad SMARTS) is 1. The van der Waals surface area contributed by atoms with Crippen molar-refractivity contribution in [1.29, 1.82) is 0 Å². The van der Waals surface area contributed by atoms with E-state index in [2.05, 4.69) is 10.4 Å². The molecule has 0 saturated carbocycles. The second-order valence-corrected chi connectivity index (χ2v) is 8.87. The third kappa shape index (κ3) is 5.99. The molecule has 0 spiro atoms. The van der Waals surface area contributed by atoms with Crippen LogP contribution in [0.25, 0.3) is 0 Å². The summed E-state index contributed by atoms with van der Waals surface area (Å²) >= 11 is 12.0. The van der Waals surface area contributed by atoms with E-state index in [4.69, 9.17) is 28.3 Å². The van der Waals surface area contributed by atoms with Gasteiger partial charge in [-0.3, -0.25) is 9.48 Å². The molecule has 12 heteroatoms. The molecule has 0 aliphatic carbocycles. The SMILES string of the molecule is CCCn1nc(Cc2ccc(Cl)c(Cl)c2)c(C(=O)N[C@@H](C)c2ccc(C(=O)O)cc2F)c1C(F)(F)F. The van der Waals surface area contributed by atoms with Crippen LogP contribution in [0.15, 0.2) is 36.4 Å². The van der Waals surface area contributed by atoms with Crippen LogP contribution >= 0.6 is 23.2 Å². The van der Waals surface area contributed by atoms with E-state index < -0.39 is 41.2 Å². The van der Waals surface area contributed by atoms with E-state index in [-0.39, 0.29) is 39.8 Å². The smallest absolute Gasteiger partial charge is 0.433 e. The van der Waals surface area contributed by atoms with Crippen molar-refractivity contribution in [2.75, 3.05) is 0 Å². The quantitative estimate of drug-likeness (QED) is 0.315. The minimum absolute atomic E-state index is 0.0860. The number of hydrogen-bond donors (Lipinski definition) is 2. The van der Waals surface area contributed by atoms with E-state index in [1.165, 1.54) is 19.1 Å². The number of benzene rings is 2. The summed E-state index contributed by atoms with van der Waals surface area (Å²) < 4.78 is 57.6. The van der Waals surface area contributed by atoms with Gasteiger partial charge in [0, 0.05) is 18.5 Å². The maximum atomic E-state index is 14.5. The summed E-state index contributed by atoms with van der Waals surface area (Å²) in [6, 6.07) is 6.51. The number of alkyl halides is 3. The van der Waals surface area contributed by atoms with Gasteiger partial charge in [-0.2, -0.15) is 18.3 Å². The standard InChI is InChI=1S/C24H21Cl2F4N3O3/c1-3-8-33-21(24(28,29)30)20(19(32-33)10-13-4-7-16(25)17(26)9-13)22(34)31-12(2)15-6-5-14(23(35)36)11-18(15)27/h4-7,9,11-12H,3,8,10H2,1-2H3,(H,31,34)(H,35,36)/t12-/m0/s1. The average Bonchev–Trinajstić information content (AvgIpc) is 3.14. The van der Waals surface area contributed by atoms with Gasteiger partial charge in [-0.1, -0.05) is 42.3 Å². The first-order valence-electron chi connectivity index (χ1n) is 10.8. The second-order valence-electron chi connectivity index (χ2n) is 8.05. The largest absolute Gasteiger partial charge is 0.478 e. The van der Waals surface area contributed by atoms with Gasteiger partial charge in [0.05, 0.1) is 32.9 Å². The van der Waals surface area contributed by atoms with E-state index in [9.17, 15) is 27.2 Å². The van der Waals surface area contributed by atoms with Crippen molar-refractivity contribution in [3.63, 3.8) is 0 Å². The molecular formula is C24H21Cl2F4N3O3. The van der Waals surface area contributed by atoms with Gasteiger partial charge < -0.3 is 10.4 Å². The Morgan fingerprint density at radius 2 is 1.83 bits per heavy atom. The molecule has 1 aromatic heterocycles. The number of nitrogens with one attached hydrogen (secondary N) is 1. The fourth-order valence-corrected chi connectivity index (χ4v) is 4.06. The molecule has 192 valence electrons. The number of hydrogen-bond acceptors (Lipinski definition) is 3. The Balaban J connectivity index is 2.04. The van der Waals surface area contributed by atoms with E-state index >= 15 is 0 Å². The summed E-state index contributed by atoms with van der Waals surface area (Å²) in [5.41, 5.74) is -1.95. The number of nitrogens with zero attached hydrogens (tertiary/aromatic N) is 2. The van der Waals surface area contributed by atoms with Crippen LogP contribution in [-0.2, 0) is 19.1 Å². The predicted octanol–water partition coefficient (Wildman–Crippen LogP) is 6.54. The zero-order valence-corrected chi connectivity index (χ0v) is 20.6. The first kappa shape index (κ1) is 27.5. The Labute approximate surface area is 213 Å². The van der Waals surface area contributed by atoms with Gasteiger partial charge >= 0.3 is 12.1 Å². The molecule has 0 fully saturated rings. The van der Waals surface area contributed by atoms with Gasteiger partial charge in [-0.05, 0) is 43.2 Å². The summed E-state index contributed by atoms with van der Waals surface area (Å²) in [4.78, 5) is 24.2. The van der Waals surface area contributed by atoms with Crippen LogP contribution in [0.2, 0.25) is 10.0 Å². The van der Waals surface area contributed by atoms with Crippen LogP contribution in [0.3, 0.4) is 0 Å². The number of carbonyl (C=O) groups excluding carboxylic acids is 1. The lowest BCUT2D eigenvalue weighted by atomic mass is 10.0. The van der Waals surface area contributed by atoms with Crippen molar-refractivity contribution >= 4 is 35.1 Å². The summed E-state index contributed by atoms with van der Waals surface area (Å²) in [5.74, 6) is -3.37. The maximum Gasteiger partial charge on any atom is 0.433 e. The third-order valence-corrected chi connectivity index (χ3v) is 6.11.